The van der Waals surface area contributed by atoms with Gasteiger partial charge < -0.3 is 15.0 Å². The molecule has 2 aromatic rings. The number of nitrogens with one attached hydrogen (secondary N) is 1. The summed E-state index contributed by atoms with van der Waals surface area (Å²) < 4.78 is 5.46. The van der Waals surface area contributed by atoms with E-state index in [1.807, 2.05) is 30.3 Å². The van der Waals surface area contributed by atoms with Crippen molar-refractivity contribution in [2.24, 2.45) is 0 Å². The number of hydrogen-bond acceptors (Lipinski definition) is 5. The lowest BCUT2D eigenvalue weighted by Gasteiger charge is -2.27. The second kappa shape index (κ2) is 7.55. The maximum atomic E-state index is 12.9. The summed E-state index contributed by atoms with van der Waals surface area (Å²) in [6.45, 7) is 2.43. The van der Waals surface area contributed by atoms with Gasteiger partial charge in [0.2, 0.25) is 5.91 Å². The number of anilines is 1. The minimum atomic E-state index is -0.475. The SMILES string of the molecule is COc1ccccc1C1(C(=O)NCc2nccc(N3CCCCC3)n2)CC1. The molecule has 142 valence electrons. The van der Waals surface area contributed by atoms with Gasteiger partial charge in [0, 0.05) is 24.8 Å². The number of aromatic nitrogens is 2. The van der Waals surface area contributed by atoms with E-state index in [9.17, 15) is 4.79 Å². The molecule has 0 radical (unpaired) electrons. The molecular formula is C21H26N4O2. The fraction of sp³-hybridized carbons (Fsp3) is 0.476. The molecule has 4 rings (SSSR count). The van der Waals surface area contributed by atoms with Gasteiger partial charge in [0.15, 0.2) is 0 Å². The van der Waals surface area contributed by atoms with E-state index in [2.05, 4.69) is 20.2 Å². The highest BCUT2D eigenvalue weighted by molar-refractivity contribution is 5.92. The van der Waals surface area contributed by atoms with Crippen LogP contribution in [0.3, 0.4) is 0 Å². The molecular weight excluding hydrogens is 340 g/mol. The van der Waals surface area contributed by atoms with E-state index in [-0.39, 0.29) is 5.91 Å². The van der Waals surface area contributed by atoms with Gasteiger partial charge in [-0.15, -0.1) is 0 Å². The highest BCUT2D eigenvalue weighted by Gasteiger charge is 2.52. The van der Waals surface area contributed by atoms with Crippen molar-refractivity contribution in [2.75, 3.05) is 25.1 Å². The monoisotopic (exact) mass is 366 g/mol. The van der Waals surface area contributed by atoms with Crippen molar-refractivity contribution in [3.63, 3.8) is 0 Å². The molecule has 0 atom stereocenters. The van der Waals surface area contributed by atoms with Gasteiger partial charge in [-0.1, -0.05) is 18.2 Å². The molecule has 1 aromatic carbocycles. The maximum Gasteiger partial charge on any atom is 0.231 e. The summed E-state index contributed by atoms with van der Waals surface area (Å²) in [7, 11) is 1.65. The van der Waals surface area contributed by atoms with E-state index in [1.54, 1.807) is 13.3 Å². The Hall–Kier alpha value is -2.63. The summed E-state index contributed by atoms with van der Waals surface area (Å²) in [6, 6.07) is 9.73. The molecule has 1 amide bonds. The number of piperidine rings is 1. The van der Waals surface area contributed by atoms with Crippen LogP contribution in [0.1, 0.15) is 43.5 Å². The molecule has 6 heteroatoms. The van der Waals surface area contributed by atoms with Crippen LogP contribution < -0.4 is 15.0 Å². The zero-order valence-corrected chi connectivity index (χ0v) is 15.8. The molecule has 1 saturated heterocycles. The number of carbonyl (C=O) groups excluding carboxylic acids is 1. The summed E-state index contributed by atoms with van der Waals surface area (Å²) in [5.41, 5.74) is 0.491. The fourth-order valence-electron chi connectivity index (χ4n) is 3.88. The Labute approximate surface area is 160 Å². The molecule has 0 bridgehead atoms. The van der Waals surface area contributed by atoms with Gasteiger partial charge in [0.05, 0.1) is 19.1 Å². The van der Waals surface area contributed by atoms with Crippen LogP contribution in [0, 0.1) is 0 Å². The molecule has 27 heavy (non-hydrogen) atoms. The van der Waals surface area contributed by atoms with Crippen molar-refractivity contribution in [2.45, 2.75) is 44.1 Å². The third-order valence-electron chi connectivity index (χ3n) is 5.59. The largest absolute Gasteiger partial charge is 0.496 e. The van der Waals surface area contributed by atoms with E-state index in [0.29, 0.717) is 12.4 Å². The van der Waals surface area contributed by atoms with Crippen molar-refractivity contribution in [3.8, 4) is 5.75 Å². The number of methoxy groups -OCH3 is 1. The van der Waals surface area contributed by atoms with Crippen molar-refractivity contribution < 1.29 is 9.53 Å². The number of hydrogen-bond donors (Lipinski definition) is 1. The van der Waals surface area contributed by atoms with Gasteiger partial charge in [0.1, 0.15) is 17.4 Å². The van der Waals surface area contributed by atoms with E-state index >= 15 is 0 Å². The quantitative estimate of drug-likeness (QED) is 0.851. The summed E-state index contributed by atoms with van der Waals surface area (Å²) >= 11 is 0. The topological polar surface area (TPSA) is 67.3 Å². The lowest BCUT2D eigenvalue weighted by Crippen LogP contribution is -2.35. The maximum absolute atomic E-state index is 12.9. The first-order valence-corrected chi connectivity index (χ1v) is 9.72. The molecule has 1 aromatic heterocycles. The van der Waals surface area contributed by atoms with Gasteiger partial charge in [-0.3, -0.25) is 4.79 Å². The summed E-state index contributed by atoms with van der Waals surface area (Å²) in [6.07, 6.45) is 7.16. The van der Waals surface area contributed by atoms with Crippen LogP contribution in [0.15, 0.2) is 36.5 Å². The van der Waals surface area contributed by atoms with E-state index < -0.39 is 5.41 Å². The van der Waals surface area contributed by atoms with E-state index in [0.717, 1.165) is 43.1 Å². The number of nitrogens with zero attached hydrogens (tertiary/aromatic N) is 3. The average molecular weight is 366 g/mol. The van der Waals surface area contributed by atoms with Crippen molar-refractivity contribution in [3.05, 3.63) is 47.9 Å². The first-order valence-electron chi connectivity index (χ1n) is 9.72. The first-order chi connectivity index (χ1) is 13.2. The number of ether oxygens (including phenoxy) is 1. The van der Waals surface area contributed by atoms with Crippen LogP contribution >= 0.6 is 0 Å². The minimum Gasteiger partial charge on any atom is -0.496 e. The molecule has 2 heterocycles. The van der Waals surface area contributed by atoms with Crippen molar-refractivity contribution >= 4 is 11.7 Å². The average Bonchev–Trinajstić information content (AvgIpc) is 3.55. The summed E-state index contributed by atoms with van der Waals surface area (Å²) in [5.74, 6) is 2.41. The molecule has 1 aliphatic carbocycles. The van der Waals surface area contributed by atoms with Gasteiger partial charge >= 0.3 is 0 Å². The van der Waals surface area contributed by atoms with Crippen LogP contribution in [-0.4, -0.2) is 36.1 Å². The third kappa shape index (κ3) is 3.61. The zero-order valence-electron chi connectivity index (χ0n) is 15.8. The molecule has 0 unspecified atom stereocenters. The van der Waals surface area contributed by atoms with Crippen LogP contribution in [0.4, 0.5) is 5.82 Å². The molecule has 6 nitrogen and oxygen atoms in total. The summed E-state index contributed by atoms with van der Waals surface area (Å²) in [4.78, 5) is 24.2. The van der Waals surface area contributed by atoms with Gasteiger partial charge in [-0.25, -0.2) is 9.97 Å². The Morgan fingerprint density at radius 3 is 2.70 bits per heavy atom. The molecule has 1 N–H and O–H groups in total. The second-order valence-corrected chi connectivity index (χ2v) is 7.34. The van der Waals surface area contributed by atoms with Crippen molar-refractivity contribution in [1.29, 1.82) is 0 Å². The predicted molar refractivity (Wildman–Crippen MR) is 104 cm³/mol. The molecule has 1 aliphatic heterocycles. The second-order valence-electron chi connectivity index (χ2n) is 7.34. The normalized spacial score (nSPS) is 18.0. The van der Waals surface area contributed by atoms with Gasteiger partial charge in [-0.2, -0.15) is 0 Å². The standard InChI is InChI=1S/C21H26N4O2/c1-27-17-8-4-3-7-16(17)21(10-11-21)20(26)23-15-18-22-12-9-19(24-18)25-13-5-2-6-14-25/h3-4,7-9,12H,2,5-6,10-11,13-15H2,1H3,(H,23,26). The smallest absolute Gasteiger partial charge is 0.231 e. The first kappa shape index (κ1) is 17.8. The Bertz CT molecular complexity index is 813. The van der Waals surface area contributed by atoms with Gasteiger partial charge in [0.25, 0.3) is 0 Å². The highest BCUT2D eigenvalue weighted by Crippen LogP contribution is 2.51. The van der Waals surface area contributed by atoms with Crippen LogP contribution in [0.5, 0.6) is 5.75 Å². The third-order valence-corrected chi connectivity index (χ3v) is 5.59. The number of amides is 1. The zero-order chi connectivity index (χ0) is 18.7. The van der Waals surface area contributed by atoms with Gasteiger partial charge in [-0.05, 0) is 44.2 Å². The lowest BCUT2D eigenvalue weighted by atomic mass is 9.94. The number of carbonyl (C=O) groups is 1. The Morgan fingerprint density at radius 2 is 1.96 bits per heavy atom. The fourth-order valence-corrected chi connectivity index (χ4v) is 3.88. The Morgan fingerprint density at radius 1 is 1.19 bits per heavy atom. The molecule has 0 spiro atoms. The highest BCUT2D eigenvalue weighted by atomic mass is 16.5. The Balaban J connectivity index is 1.44. The summed E-state index contributed by atoms with van der Waals surface area (Å²) in [5, 5.41) is 3.04. The van der Waals surface area contributed by atoms with Crippen LogP contribution in [0.2, 0.25) is 0 Å². The lowest BCUT2D eigenvalue weighted by molar-refractivity contribution is -0.123. The molecule has 2 aliphatic rings. The van der Waals surface area contributed by atoms with E-state index in [4.69, 9.17) is 4.74 Å². The van der Waals surface area contributed by atoms with Crippen LogP contribution in [0.25, 0.3) is 0 Å². The Kier molecular flexibility index (Phi) is 4.97. The minimum absolute atomic E-state index is 0.0268. The predicted octanol–water partition coefficient (Wildman–Crippen LogP) is 2.82. The number of rotatable bonds is 6. The number of benzene rings is 1. The molecule has 1 saturated carbocycles. The molecule has 2 fully saturated rings. The van der Waals surface area contributed by atoms with E-state index in [1.165, 1.54) is 19.3 Å². The van der Waals surface area contributed by atoms with Crippen LogP contribution in [-0.2, 0) is 16.8 Å². The number of para-hydroxylation sites is 1. The van der Waals surface area contributed by atoms with Crippen molar-refractivity contribution in [1.82, 2.24) is 15.3 Å².